The quantitative estimate of drug-likeness (QED) is 0.913. The molecule has 4 nitrogen and oxygen atoms in total. The van der Waals surface area contributed by atoms with E-state index < -0.39 is 6.10 Å². The average Bonchev–Trinajstić information content (AvgIpc) is 3.03. The van der Waals surface area contributed by atoms with E-state index in [1.165, 1.54) is 12.1 Å². The second-order valence-electron chi connectivity index (χ2n) is 5.79. The predicted molar refractivity (Wildman–Crippen MR) is 78.6 cm³/mol. The van der Waals surface area contributed by atoms with Gasteiger partial charge in [-0.25, -0.2) is 4.39 Å². The van der Waals surface area contributed by atoms with Crippen molar-refractivity contribution in [2.24, 2.45) is 0 Å². The minimum atomic E-state index is -0.416. The van der Waals surface area contributed by atoms with Crippen LogP contribution in [0.5, 0.6) is 0 Å². The molecule has 2 aromatic rings. The van der Waals surface area contributed by atoms with Crippen LogP contribution in [0.3, 0.4) is 0 Å². The molecule has 1 aliphatic rings. The number of amides is 1. The average molecular weight is 290 g/mol. The molecule has 2 heterocycles. The van der Waals surface area contributed by atoms with E-state index in [1.54, 1.807) is 19.1 Å². The maximum absolute atomic E-state index is 13.2. The van der Waals surface area contributed by atoms with Crippen LogP contribution in [-0.2, 0) is 0 Å². The van der Waals surface area contributed by atoms with Crippen molar-refractivity contribution in [1.82, 2.24) is 9.88 Å². The second-order valence-corrected chi connectivity index (χ2v) is 5.79. The van der Waals surface area contributed by atoms with Crippen molar-refractivity contribution in [1.29, 1.82) is 0 Å². The summed E-state index contributed by atoms with van der Waals surface area (Å²) < 4.78 is 13.2. The van der Waals surface area contributed by atoms with Crippen LogP contribution in [0.15, 0.2) is 24.3 Å². The molecular formula is C16H19FN2O2. The summed E-state index contributed by atoms with van der Waals surface area (Å²) in [5, 5.41) is 10.2. The fourth-order valence-corrected chi connectivity index (χ4v) is 3.12. The number of carbonyl (C=O) groups excluding carboxylic acids is 1. The van der Waals surface area contributed by atoms with E-state index in [4.69, 9.17) is 0 Å². The van der Waals surface area contributed by atoms with Gasteiger partial charge in [0.2, 0.25) is 0 Å². The zero-order valence-corrected chi connectivity index (χ0v) is 12.0. The zero-order chi connectivity index (χ0) is 15.0. The van der Waals surface area contributed by atoms with Gasteiger partial charge in [0.15, 0.2) is 0 Å². The van der Waals surface area contributed by atoms with Crippen molar-refractivity contribution in [3.8, 4) is 0 Å². The number of aliphatic hydroxyl groups is 1. The normalized spacial score (nSPS) is 20.1. The molecule has 3 rings (SSSR count). The van der Waals surface area contributed by atoms with Crippen molar-refractivity contribution in [3.05, 3.63) is 35.8 Å². The van der Waals surface area contributed by atoms with E-state index >= 15 is 0 Å². The van der Waals surface area contributed by atoms with Crippen molar-refractivity contribution in [2.45, 2.75) is 38.3 Å². The lowest BCUT2D eigenvalue weighted by atomic mass is 10.1. The van der Waals surface area contributed by atoms with Gasteiger partial charge in [0.1, 0.15) is 11.5 Å². The summed E-state index contributed by atoms with van der Waals surface area (Å²) in [5.41, 5.74) is 1.24. The van der Waals surface area contributed by atoms with Crippen LogP contribution in [0.1, 0.15) is 36.7 Å². The van der Waals surface area contributed by atoms with Gasteiger partial charge in [0, 0.05) is 23.5 Å². The molecule has 1 aromatic heterocycles. The molecule has 21 heavy (non-hydrogen) atoms. The first-order valence-electron chi connectivity index (χ1n) is 7.32. The highest BCUT2D eigenvalue weighted by Crippen LogP contribution is 2.25. The van der Waals surface area contributed by atoms with Crippen LogP contribution in [0, 0.1) is 5.82 Å². The van der Waals surface area contributed by atoms with Gasteiger partial charge < -0.3 is 15.0 Å². The van der Waals surface area contributed by atoms with Gasteiger partial charge in [-0.2, -0.15) is 0 Å². The van der Waals surface area contributed by atoms with Crippen LogP contribution < -0.4 is 0 Å². The predicted octanol–water partition coefficient (Wildman–Crippen LogP) is 2.68. The van der Waals surface area contributed by atoms with E-state index in [9.17, 15) is 14.3 Å². The Kier molecular flexibility index (Phi) is 3.68. The van der Waals surface area contributed by atoms with Crippen LogP contribution in [0.25, 0.3) is 10.9 Å². The number of nitrogens with zero attached hydrogens (tertiary/aromatic N) is 1. The number of H-pyrrole nitrogens is 1. The number of rotatable bonds is 3. The second kappa shape index (κ2) is 5.48. The Morgan fingerprint density at radius 3 is 3.10 bits per heavy atom. The number of nitrogens with one attached hydrogen (secondary N) is 1. The summed E-state index contributed by atoms with van der Waals surface area (Å²) in [6, 6.07) is 6.21. The number of aliphatic hydroxyl groups excluding tert-OH is 1. The fraction of sp³-hybridized carbons (Fsp3) is 0.438. The number of halogens is 1. The Labute approximate surface area is 122 Å². The largest absolute Gasteiger partial charge is 0.393 e. The highest BCUT2D eigenvalue weighted by molar-refractivity contribution is 5.98. The summed E-state index contributed by atoms with van der Waals surface area (Å²) in [6.07, 6.45) is 2.06. The molecule has 5 heteroatoms. The van der Waals surface area contributed by atoms with Crippen molar-refractivity contribution in [3.63, 3.8) is 0 Å². The molecule has 1 aliphatic heterocycles. The summed E-state index contributed by atoms with van der Waals surface area (Å²) in [4.78, 5) is 17.5. The molecule has 112 valence electrons. The number of hydrogen-bond acceptors (Lipinski definition) is 2. The summed E-state index contributed by atoms with van der Waals surface area (Å²) in [6.45, 7) is 2.45. The maximum atomic E-state index is 13.2. The molecular weight excluding hydrogens is 271 g/mol. The highest BCUT2D eigenvalue weighted by Gasteiger charge is 2.30. The third-order valence-electron chi connectivity index (χ3n) is 4.06. The van der Waals surface area contributed by atoms with Gasteiger partial charge in [0.25, 0.3) is 5.91 Å². The first kappa shape index (κ1) is 14.1. The van der Waals surface area contributed by atoms with Gasteiger partial charge in [-0.3, -0.25) is 4.79 Å². The van der Waals surface area contributed by atoms with Gasteiger partial charge in [-0.15, -0.1) is 0 Å². The van der Waals surface area contributed by atoms with E-state index in [1.807, 2.05) is 4.90 Å². The molecule has 1 saturated heterocycles. The van der Waals surface area contributed by atoms with Crippen LogP contribution in [0.2, 0.25) is 0 Å². The van der Waals surface area contributed by atoms with Crippen molar-refractivity contribution in [2.75, 3.05) is 6.54 Å². The highest BCUT2D eigenvalue weighted by atomic mass is 19.1. The van der Waals surface area contributed by atoms with Gasteiger partial charge >= 0.3 is 0 Å². The molecule has 1 aromatic carbocycles. The number of aromatic nitrogens is 1. The Hall–Kier alpha value is -1.88. The molecule has 2 N–H and O–H groups in total. The molecule has 0 radical (unpaired) electrons. The standard InChI is InChI=1S/C16H19FN2O2/c1-10(20)7-13-3-2-6-19(13)16(21)15-9-11-8-12(17)4-5-14(11)18-15/h4-5,8-10,13,18,20H,2-3,6-7H2,1H3. The van der Waals surface area contributed by atoms with Crippen LogP contribution in [0.4, 0.5) is 4.39 Å². The molecule has 2 atom stereocenters. The SMILES string of the molecule is CC(O)CC1CCCN1C(=O)c1cc2cc(F)ccc2[nH]1. The Balaban J connectivity index is 1.85. The maximum Gasteiger partial charge on any atom is 0.270 e. The molecule has 1 amide bonds. The van der Waals surface area contributed by atoms with E-state index in [0.29, 0.717) is 24.0 Å². The first-order chi connectivity index (χ1) is 10.0. The summed E-state index contributed by atoms with van der Waals surface area (Å²) >= 11 is 0. The van der Waals surface area contributed by atoms with Crippen molar-refractivity contribution < 1.29 is 14.3 Å². The number of likely N-dealkylation sites (tertiary alicyclic amines) is 1. The topological polar surface area (TPSA) is 56.3 Å². The smallest absolute Gasteiger partial charge is 0.270 e. The summed E-state index contributed by atoms with van der Waals surface area (Å²) in [7, 11) is 0. The van der Waals surface area contributed by atoms with E-state index in [0.717, 1.165) is 18.4 Å². The fourth-order valence-electron chi connectivity index (χ4n) is 3.12. The lowest BCUT2D eigenvalue weighted by Crippen LogP contribution is -2.37. The molecule has 0 bridgehead atoms. The Bertz CT molecular complexity index is 665. The minimum Gasteiger partial charge on any atom is -0.393 e. The molecule has 0 aliphatic carbocycles. The van der Waals surface area contributed by atoms with Crippen LogP contribution >= 0.6 is 0 Å². The number of benzene rings is 1. The Morgan fingerprint density at radius 1 is 1.52 bits per heavy atom. The van der Waals surface area contributed by atoms with Crippen LogP contribution in [-0.4, -0.2) is 39.6 Å². The summed E-state index contributed by atoms with van der Waals surface area (Å²) in [5.74, 6) is -0.386. The van der Waals surface area contributed by atoms with E-state index in [2.05, 4.69) is 4.98 Å². The third-order valence-corrected chi connectivity index (χ3v) is 4.06. The number of carbonyl (C=O) groups is 1. The van der Waals surface area contributed by atoms with Gasteiger partial charge in [-0.1, -0.05) is 0 Å². The zero-order valence-electron chi connectivity index (χ0n) is 12.0. The van der Waals surface area contributed by atoms with Crippen molar-refractivity contribution >= 4 is 16.8 Å². The van der Waals surface area contributed by atoms with Gasteiger partial charge in [0.05, 0.1) is 6.10 Å². The molecule has 2 unspecified atom stereocenters. The third kappa shape index (κ3) is 2.78. The Morgan fingerprint density at radius 2 is 2.33 bits per heavy atom. The lowest BCUT2D eigenvalue weighted by Gasteiger charge is -2.25. The first-order valence-corrected chi connectivity index (χ1v) is 7.32. The molecule has 1 fully saturated rings. The number of aromatic amines is 1. The van der Waals surface area contributed by atoms with E-state index in [-0.39, 0.29) is 17.8 Å². The molecule has 0 saturated carbocycles. The lowest BCUT2D eigenvalue weighted by molar-refractivity contribution is 0.0677. The van der Waals surface area contributed by atoms with Gasteiger partial charge in [-0.05, 0) is 50.5 Å². The molecule has 0 spiro atoms. The minimum absolute atomic E-state index is 0.0743. The number of hydrogen-bond donors (Lipinski definition) is 2. The monoisotopic (exact) mass is 290 g/mol. The number of fused-ring (bicyclic) bond motifs is 1.